The second kappa shape index (κ2) is 9.52. The minimum atomic E-state index is -0.166. The van der Waals surface area contributed by atoms with Gasteiger partial charge in [-0.3, -0.25) is 0 Å². The smallest absolute Gasteiger partial charge is 0.410 e. The molecule has 2 fully saturated rings. The summed E-state index contributed by atoms with van der Waals surface area (Å²) in [6.45, 7) is 4.50. The molecule has 2 saturated heterocycles. The van der Waals surface area contributed by atoms with Crippen molar-refractivity contribution in [2.45, 2.75) is 44.8 Å². The number of nitrogens with zero attached hydrogens (tertiary/aromatic N) is 2. The van der Waals surface area contributed by atoms with Gasteiger partial charge in [-0.15, -0.1) is 0 Å². The zero-order valence-electron chi connectivity index (χ0n) is 13.7. The van der Waals surface area contributed by atoms with Gasteiger partial charge in [0, 0.05) is 43.0 Å². The number of piperidine rings is 2. The molecule has 1 amide bonds. The van der Waals surface area contributed by atoms with Crippen LogP contribution in [0, 0.1) is 0 Å². The van der Waals surface area contributed by atoms with Gasteiger partial charge < -0.3 is 14.5 Å². The van der Waals surface area contributed by atoms with Gasteiger partial charge in [0.25, 0.3) is 0 Å². The van der Waals surface area contributed by atoms with Crippen molar-refractivity contribution in [1.29, 1.82) is 0 Å². The standard InChI is InChI=1S/C18H26N2O2.Sn/c21-18(22-15-16-7-3-1-4-8-16)20-13-9-17(10-14-20)19-11-5-2-6-12-19;/h1,3-4,7-8,17H,2,5-6,9-15H2;. The Hall–Kier alpha value is -0.751. The molecule has 0 spiro atoms. The van der Waals surface area contributed by atoms with E-state index in [9.17, 15) is 4.79 Å². The van der Waals surface area contributed by atoms with E-state index in [1.54, 1.807) is 0 Å². The molecule has 0 aliphatic carbocycles. The predicted molar refractivity (Wildman–Crippen MR) is 92.4 cm³/mol. The third-order valence-corrected chi connectivity index (χ3v) is 4.83. The molecule has 1 aromatic rings. The molecule has 5 heteroatoms. The SMILES string of the molecule is O=C(OCc1ccccc1)N1CCC(N2CCCCC2)CC1.[Sn]. The van der Waals surface area contributed by atoms with E-state index in [4.69, 9.17) is 4.74 Å². The molecule has 0 bridgehead atoms. The van der Waals surface area contributed by atoms with Gasteiger partial charge in [-0.25, -0.2) is 4.79 Å². The Balaban J connectivity index is 0.00000192. The van der Waals surface area contributed by atoms with Crippen molar-refractivity contribution in [3.8, 4) is 0 Å². The number of ether oxygens (including phenoxy) is 1. The van der Waals surface area contributed by atoms with Crippen molar-refractivity contribution in [3.63, 3.8) is 0 Å². The Morgan fingerprint density at radius 2 is 1.65 bits per heavy atom. The summed E-state index contributed by atoms with van der Waals surface area (Å²) in [4.78, 5) is 16.6. The van der Waals surface area contributed by atoms with Crippen molar-refractivity contribution in [1.82, 2.24) is 9.80 Å². The summed E-state index contributed by atoms with van der Waals surface area (Å²) in [5.41, 5.74) is 1.04. The van der Waals surface area contributed by atoms with E-state index in [0.717, 1.165) is 31.5 Å². The normalized spacial score (nSPS) is 19.9. The summed E-state index contributed by atoms with van der Waals surface area (Å²) >= 11 is 0. The molecule has 3 rings (SSSR count). The van der Waals surface area contributed by atoms with E-state index in [1.165, 1.54) is 32.4 Å². The van der Waals surface area contributed by atoms with Gasteiger partial charge in [0.05, 0.1) is 0 Å². The molecular weight excluding hydrogens is 395 g/mol. The molecule has 4 radical (unpaired) electrons. The van der Waals surface area contributed by atoms with Crippen LogP contribution in [0.25, 0.3) is 0 Å². The monoisotopic (exact) mass is 422 g/mol. The Labute approximate surface area is 156 Å². The van der Waals surface area contributed by atoms with Crippen LogP contribution in [0.15, 0.2) is 30.3 Å². The fourth-order valence-electron chi connectivity index (χ4n) is 3.51. The maximum absolute atomic E-state index is 12.1. The van der Waals surface area contributed by atoms with Crippen molar-refractivity contribution < 1.29 is 9.53 Å². The third kappa shape index (κ3) is 5.38. The quantitative estimate of drug-likeness (QED) is 0.705. The number of carbonyl (C=O) groups is 1. The van der Waals surface area contributed by atoms with Gasteiger partial charge in [-0.05, 0) is 44.3 Å². The van der Waals surface area contributed by atoms with E-state index < -0.39 is 0 Å². The number of amides is 1. The first-order chi connectivity index (χ1) is 10.8. The second-order valence-corrected chi connectivity index (χ2v) is 6.36. The van der Waals surface area contributed by atoms with Gasteiger partial charge in [0.2, 0.25) is 0 Å². The molecule has 1 aromatic carbocycles. The first-order valence-corrected chi connectivity index (χ1v) is 8.52. The molecule has 0 N–H and O–H groups in total. The van der Waals surface area contributed by atoms with Crippen LogP contribution in [0.3, 0.4) is 0 Å². The van der Waals surface area contributed by atoms with Gasteiger partial charge in [-0.1, -0.05) is 36.8 Å². The summed E-state index contributed by atoms with van der Waals surface area (Å²) in [7, 11) is 0. The maximum atomic E-state index is 12.1. The van der Waals surface area contributed by atoms with Gasteiger partial charge in [0.1, 0.15) is 6.61 Å². The summed E-state index contributed by atoms with van der Waals surface area (Å²) < 4.78 is 5.42. The first-order valence-electron chi connectivity index (χ1n) is 8.52. The Bertz CT molecular complexity index is 469. The number of rotatable bonds is 3. The van der Waals surface area contributed by atoms with Crippen LogP contribution in [0.5, 0.6) is 0 Å². The fourth-order valence-corrected chi connectivity index (χ4v) is 3.51. The molecule has 0 unspecified atom stereocenters. The number of hydrogen-bond acceptors (Lipinski definition) is 3. The van der Waals surface area contributed by atoms with E-state index in [0.29, 0.717) is 12.6 Å². The molecule has 4 nitrogen and oxygen atoms in total. The number of likely N-dealkylation sites (tertiary alicyclic amines) is 2. The maximum Gasteiger partial charge on any atom is 0.410 e. The first kappa shape index (κ1) is 18.6. The largest absolute Gasteiger partial charge is 0.445 e. The molecule has 2 aliphatic rings. The number of hydrogen-bond donors (Lipinski definition) is 0. The molecule has 2 aliphatic heterocycles. The molecule has 2 heterocycles. The van der Waals surface area contributed by atoms with Crippen LogP contribution in [-0.4, -0.2) is 72.0 Å². The molecule has 0 aromatic heterocycles. The molecule has 0 atom stereocenters. The molecule has 0 saturated carbocycles. The van der Waals surface area contributed by atoms with Crippen LogP contribution in [0.2, 0.25) is 0 Å². The zero-order valence-corrected chi connectivity index (χ0v) is 16.6. The zero-order chi connectivity index (χ0) is 15.2. The van der Waals surface area contributed by atoms with Crippen LogP contribution < -0.4 is 0 Å². The van der Waals surface area contributed by atoms with E-state index in [1.807, 2.05) is 35.2 Å². The van der Waals surface area contributed by atoms with Crippen LogP contribution in [0.1, 0.15) is 37.7 Å². The van der Waals surface area contributed by atoms with Crippen molar-refractivity contribution in [2.24, 2.45) is 0 Å². The average molecular weight is 421 g/mol. The Morgan fingerprint density at radius 3 is 2.30 bits per heavy atom. The van der Waals surface area contributed by atoms with E-state index in [2.05, 4.69) is 4.90 Å². The van der Waals surface area contributed by atoms with Crippen molar-refractivity contribution in [2.75, 3.05) is 26.2 Å². The summed E-state index contributed by atoms with van der Waals surface area (Å²) in [6.07, 6.45) is 6.04. The second-order valence-electron chi connectivity index (χ2n) is 6.36. The number of benzene rings is 1. The van der Waals surface area contributed by atoms with Gasteiger partial charge >= 0.3 is 6.09 Å². The minimum Gasteiger partial charge on any atom is -0.445 e. The van der Waals surface area contributed by atoms with Gasteiger partial charge in [0.15, 0.2) is 0 Å². The van der Waals surface area contributed by atoms with Crippen LogP contribution >= 0.6 is 0 Å². The van der Waals surface area contributed by atoms with Crippen molar-refractivity contribution in [3.05, 3.63) is 35.9 Å². The summed E-state index contributed by atoms with van der Waals surface area (Å²) in [6, 6.07) is 10.5. The molecule has 23 heavy (non-hydrogen) atoms. The minimum absolute atomic E-state index is 0. The number of carbonyl (C=O) groups excluding carboxylic acids is 1. The fraction of sp³-hybridized carbons (Fsp3) is 0.611. The van der Waals surface area contributed by atoms with E-state index >= 15 is 0 Å². The molecule has 124 valence electrons. The van der Waals surface area contributed by atoms with Crippen LogP contribution in [-0.2, 0) is 11.3 Å². The predicted octanol–water partition coefficient (Wildman–Crippen LogP) is 2.89. The van der Waals surface area contributed by atoms with E-state index in [-0.39, 0.29) is 30.0 Å². The Morgan fingerprint density at radius 1 is 1.00 bits per heavy atom. The molecular formula is C18H26N2O2Sn. The third-order valence-electron chi connectivity index (χ3n) is 4.83. The van der Waals surface area contributed by atoms with Crippen molar-refractivity contribution >= 4 is 30.0 Å². The summed E-state index contributed by atoms with van der Waals surface area (Å²) in [5.74, 6) is 0. The van der Waals surface area contributed by atoms with Crippen LogP contribution in [0.4, 0.5) is 4.79 Å². The van der Waals surface area contributed by atoms with Gasteiger partial charge in [-0.2, -0.15) is 0 Å². The summed E-state index contributed by atoms with van der Waals surface area (Å²) in [5, 5.41) is 0. The average Bonchev–Trinajstić information content (AvgIpc) is 2.61. The topological polar surface area (TPSA) is 32.8 Å². The Kier molecular flexibility index (Phi) is 7.69.